The van der Waals surface area contributed by atoms with Crippen LogP contribution in [0.1, 0.15) is 39.2 Å². The lowest BCUT2D eigenvalue weighted by atomic mass is 9.92. The van der Waals surface area contributed by atoms with E-state index in [9.17, 15) is 0 Å². The molecule has 0 atom stereocenters. The van der Waals surface area contributed by atoms with Gasteiger partial charge in [0.25, 0.3) is 0 Å². The Kier molecular flexibility index (Phi) is 5.70. The van der Waals surface area contributed by atoms with Gasteiger partial charge in [0.15, 0.2) is 0 Å². The van der Waals surface area contributed by atoms with Crippen molar-refractivity contribution in [1.82, 2.24) is 4.90 Å². The second kappa shape index (κ2) is 6.80. The summed E-state index contributed by atoms with van der Waals surface area (Å²) in [4.78, 5) is 2.45. The van der Waals surface area contributed by atoms with Crippen LogP contribution in [0.2, 0.25) is 0 Å². The Morgan fingerprint density at radius 2 is 1.65 bits per heavy atom. The van der Waals surface area contributed by atoms with Gasteiger partial charge in [-0.3, -0.25) is 0 Å². The van der Waals surface area contributed by atoms with Crippen LogP contribution in [0.5, 0.6) is 0 Å². The van der Waals surface area contributed by atoms with E-state index in [4.69, 9.17) is 0 Å². The molecular formula is C16H27N. The molecule has 0 aromatic heterocycles. The molecule has 17 heavy (non-hydrogen) atoms. The van der Waals surface area contributed by atoms with Gasteiger partial charge in [0, 0.05) is 0 Å². The highest BCUT2D eigenvalue weighted by Gasteiger charge is 2.10. The fourth-order valence-electron chi connectivity index (χ4n) is 1.84. The van der Waals surface area contributed by atoms with E-state index in [-0.39, 0.29) is 0 Å². The highest BCUT2D eigenvalue weighted by atomic mass is 15.1. The minimum Gasteiger partial charge on any atom is -0.306 e. The lowest BCUT2D eigenvalue weighted by Crippen LogP contribution is -2.24. The molecule has 1 heteroatoms. The van der Waals surface area contributed by atoms with Crippen LogP contribution >= 0.6 is 0 Å². The number of rotatable bonds is 6. The van der Waals surface area contributed by atoms with Crippen molar-refractivity contribution in [3.8, 4) is 0 Å². The SMILES string of the molecule is CN(CCCc1ccccc1)CCC(C)(C)C. The minimum atomic E-state index is 0.452. The predicted octanol–water partition coefficient (Wildman–Crippen LogP) is 3.99. The zero-order chi connectivity index (χ0) is 12.7. The first-order valence-electron chi connectivity index (χ1n) is 6.70. The minimum absolute atomic E-state index is 0.452. The van der Waals surface area contributed by atoms with Gasteiger partial charge < -0.3 is 4.90 Å². The van der Waals surface area contributed by atoms with Gasteiger partial charge in [-0.05, 0) is 50.4 Å². The monoisotopic (exact) mass is 233 g/mol. The van der Waals surface area contributed by atoms with Gasteiger partial charge in [-0.25, -0.2) is 0 Å². The molecule has 0 aliphatic rings. The fraction of sp³-hybridized carbons (Fsp3) is 0.625. The number of aryl methyl sites for hydroxylation is 1. The van der Waals surface area contributed by atoms with E-state index in [1.807, 2.05) is 0 Å². The summed E-state index contributed by atoms with van der Waals surface area (Å²) in [6.07, 6.45) is 3.72. The molecule has 0 aliphatic carbocycles. The first kappa shape index (κ1) is 14.2. The Balaban J connectivity index is 2.14. The van der Waals surface area contributed by atoms with Crippen LogP contribution in [-0.4, -0.2) is 25.0 Å². The van der Waals surface area contributed by atoms with Crippen molar-refractivity contribution in [1.29, 1.82) is 0 Å². The lowest BCUT2D eigenvalue weighted by Gasteiger charge is -2.23. The summed E-state index contributed by atoms with van der Waals surface area (Å²) < 4.78 is 0. The zero-order valence-electron chi connectivity index (χ0n) is 11.9. The summed E-state index contributed by atoms with van der Waals surface area (Å²) in [7, 11) is 2.23. The second-order valence-corrected chi connectivity index (χ2v) is 6.20. The Morgan fingerprint density at radius 1 is 1.00 bits per heavy atom. The summed E-state index contributed by atoms with van der Waals surface area (Å²) >= 11 is 0. The van der Waals surface area contributed by atoms with Crippen molar-refractivity contribution >= 4 is 0 Å². The zero-order valence-corrected chi connectivity index (χ0v) is 11.9. The number of nitrogens with zero attached hydrogens (tertiary/aromatic N) is 1. The summed E-state index contributed by atoms with van der Waals surface area (Å²) in [5, 5.41) is 0. The Labute approximate surface area is 107 Å². The van der Waals surface area contributed by atoms with Crippen LogP contribution < -0.4 is 0 Å². The fourth-order valence-corrected chi connectivity index (χ4v) is 1.84. The maximum atomic E-state index is 2.45. The molecule has 0 aliphatic heterocycles. The van der Waals surface area contributed by atoms with Crippen molar-refractivity contribution in [2.45, 2.75) is 40.0 Å². The molecule has 0 N–H and O–H groups in total. The van der Waals surface area contributed by atoms with E-state index in [0.717, 1.165) is 0 Å². The quantitative estimate of drug-likeness (QED) is 0.718. The first-order chi connectivity index (χ1) is 7.97. The molecule has 0 fully saturated rings. The maximum Gasteiger partial charge on any atom is -0.00168 e. The van der Waals surface area contributed by atoms with Gasteiger partial charge >= 0.3 is 0 Å². The molecule has 0 saturated heterocycles. The van der Waals surface area contributed by atoms with E-state index in [1.54, 1.807) is 0 Å². The average molecular weight is 233 g/mol. The predicted molar refractivity (Wildman–Crippen MR) is 76.3 cm³/mol. The smallest absolute Gasteiger partial charge is 0.00168 e. The van der Waals surface area contributed by atoms with Gasteiger partial charge in [0.1, 0.15) is 0 Å². The molecule has 0 amide bonds. The number of hydrogen-bond donors (Lipinski definition) is 0. The molecule has 1 aromatic rings. The van der Waals surface area contributed by atoms with E-state index in [2.05, 4.69) is 63.1 Å². The highest BCUT2D eigenvalue weighted by Crippen LogP contribution is 2.18. The summed E-state index contributed by atoms with van der Waals surface area (Å²) in [6.45, 7) is 9.34. The Morgan fingerprint density at radius 3 is 2.24 bits per heavy atom. The molecule has 0 unspecified atom stereocenters. The van der Waals surface area contributed by atoms with E-state index in [0.29, 0.717) is 5.41 Å². The van der Waals surface area contributed by atoms with Crippen molar-refractivity contribution in [3.63, 3.8) is 0 Å². The summed E-state index contributed by atoms with van der Waals surface area (Å²) in [5.41, 5.74) is 1.91. The third-order valence-corrected chi connectivity index (χ3v) is 3.09. The van der Waals surface area contributed by atoms with Crippen molar-refractivity contribution < 1.29 is 0 Å². The van der Waals surface area contributed by atoms with Gasteiger partial charge in [0.05, 0.1) is 0 Å². The molecule has 0 bridgehead atoms. The van der Waals surface area contributed by atoms with Crippen LogP contribution in [-0.2, 0) is 6.42 Å². The standard InChI is InChI=1S/C16H27N/c1-16(2,3)12-14-17(4)13-8-11-15-9-6-5-7-10-15/h5-7,9-10H,8,11-14H2,1-4H3. The first-order valence-corrected chi connectivity index (χ1v) is 6.70. The van der Waals surface area contributed by atoms with E-state index < -0.39 is 0 Å². The maximum absolute atomic E-state index is 2.45. The average Bonchev–Trinajstić information content (AvgIpc) is 2.27. The van der Waals surface area contributed by atoms with Gasteiger partial charge in [-0.1, -0.05) is 51.1 Å². The molecule has 0 spiro atoms. The third kappa shape index (κ3) is 7.17. The molecule has 0 radical (unpaired) electrons. The Hall–Kier alpha value is -0.820. The summed E-state index contributed by atoms with van der Waals surface area (Å²) in [6, 6.07) is 10.8. The van der Waals surface area contributed by atoms with Crippen LogP contribution in [0.3, 0.4) is 0 Å². The normalized spacial score (nSPS) is 12.1. The van der Waals surface area contributed by atoms with Crippen molar-refractivity contribution in [3.05, 3.63) is 35.9 Å². The summed E-state index contributed by atoms with van der Waals surface area (Å²) in [5.74, 6) is 0. The second-order valence-electron chi connectivity index (χ2n) is 6.20. The van der Waals surface area contributed by atoms with Crippen LogP contribution in [0, 0.1) is 5.41 Å². The van der Waals surface area contributed by atoms with Gasteiger partial charge in [-0.15, -0.1) is 0 Å². The topological polar surface area (TPSA) is 3.24 Å². The van der Waals surface area contributed by atoms with Gasteiger partial charge in [0.2, 0.25) is 0 Å². The number of hydrogen-bond acceptors (Lipinski definition) is 1. The molecule has 1 aromatic carbocycles. The molecule has 1 rings (SSSR count). The largest absolute Gasteiger partial charge is 0.306 e. The number of benzene rings is 1. The van der Waals surface area contributed by atoms with Crippen LogP contribution in [0.15, 0.2) is 30.3 Å². The van der Waals surface area contributed by atoms with Gasteiger partial charge in [-0.2, -0.15) is 0 Å². The third-order valence-electron chi connectivity index (χ3n) is 3.09. The van der Waals surface area contributed by atoms with Crippen molar-refractivity contribution in [2.24, 2.45) is 5.41 Å². The molecule has 0 saturated carbocycles. The van der Waals surface area contributed by atoms with E-state index >= 15 is 0 Å². The lowest BCUT2D eigenvalue weighted by molar-refractivity contribution is 0.262. The highest BCUT2D eigenvalue weighted by molar-refractivity contribution is 5.14. The van der Waals surface area contributed by atoms with E-state index in [1.165, 1.54) is 37.9 Å². The Bertz CT molecular complexity index is 297. The van der Waals surface area contributed by atoms with Crippen LogP contribution in [0.25, 0.3) is 0 Å². The van der Waals surface area contributed by atoms with Crippen LogP contribution in [0.4, 0.5) is 0 Å². The molecule has 1 nitrogen and oxygen atoms in total. The van der Waals surface area contributed by atoms with Crippen molar-refractivity contribution in [2.75, 3.05) is 20.1 Å². The molecule has 0 heterocycles. The molecular weight excluding hydrogens is 206 g/mol. The molecule has 96 valence electrons.